The van der Waals surface area contributed by atoms with Crippen molar-refractivity contribution < 1.29 is 22.6 Å². The number of carbonyl (C=O) groups is 2. The molecule has 8 nitrogen and oxygen atoms in total. The summed E-state index contributed by atoms with van der Waals surface area (Å²) >= 11 is 0. The van der Waals surface area contributed by atoms with E-state index in [4.69, 9.17) is 5.73 Å². The molecule has 3 rings (SSSR count). The van der Waals surface area contributed by atoms with Crippen LogP contribution in [0.15, 0.2) is 60.7 Å². The summed E-state index contributed by atoms with van der Waals surface area (Å²) < 4.78 is 35.0. The number of hydrogen-bond acceptors (Lipinski definition) is 4. The molecule has 2 atom stereocenters. The molecule has 1 fully saturated rings. The molecule has 2 amide bonds. The third-order valence-electron chi connectivity index (χ3n) is 5.06. The summed E-state index contributed by atoms with van der Waals surface area (Å²) in [7, 11) is -4.71. The Kier molecular flexibility index (Phi) is 6.31. The van der Waals surface area contributed by atoms with Crippen LogP contribution in [0.25, 0.3) is 0 Å². The molecule has 1 aliphatic heterocycles. The number of amides is 2. The van der Waals surface area contributed by atoms with Crippen molar-refractivity contribution >= 4 is 22.1 Å². The summed E-state index contributed by atoms with van der Waals surface area (Å²) in [6.45, 7) is 0.284. The first-order chi connectivity index (χ1) is 13.8. The number of nitrogens with two attached hydrogens (primary N) is 1. The minimum Gasteiger partial charge on any atom is -0.368 e. The second-order valence-electron chi connectivity index (χ2n) is 6.96. The molecule has 0 spiro atoms. The first kappa shape index (κ1) is 21.0. The van der Waals surface area contributed by atoms with Gasteiger partial charge in [0.15, 0.2) is 0 Å². The summed E-state index contributed by atoms with van der Waals surface area (Å²) in [5.41, 5.74) is 6.80. The van der Waals surface area contributed by atoms with Crippen LogP contribution in [0.3, 0.4) is 0 Å². The summed E-state index contributed by atoms with van der Waals surface area (Å²) in [6.07, 6.45) is 1.00. The maximum absolute atomic E-state index is 13.4. The van der Waals surface area contributed by atoms with E-state index in [1.54, 1.807) is 48.5 Å². The van der Waals surface area contributed by atoms with Gasteiger partial charge < -0.3 is 10.6 Å². The number of likely N-dealkylation sites (tertiary alicyclic amines) is 1. The summed E-state index contributed by atoms with van der Waals surface area (Å²) in [6, 6.07) is 15.7. The van der Waals surface area contributed by atoms with E-state index in [-0.39, 0.29) is 6.54 Å². The number of nitrogens with one attached hydrogen (secondary N) is 1. The van der Waals surface area contributed by atoms with Gasteiger partial charge in [0.25, 0.3) is 0 Å². The predicted octanol–water partition coefficient (Wildman–Crippen LogP) is 1.06. The van der Waals surface area contributed by atoms with Gasteiger partial charge >= 0.3 is 10.3 Å². The van der Waals surface area contributed by atoms with Crippen LogP contribution < -0.4 is 10.5 Å². The van der Waals surface area contributed by atoms with Crippen molar-refractivity contribution in [2.75, 3.05) is 6.54 Å². The van der Waals surface area contributed by atoms with Crippen molar-refractivity contribution in [1.82, 2.24) is 9.62 Å². The fourth-order valence-electron chi connectivity index (χ4n) is 3.82. The highest BCUT2D eigenvalue weighted by molar-refractivity contribution is 7.83. The van der Waals surface area contributed by atoms with Crippen LogP contribution in [0.5, 0.6) is 0 Å². The van der Waals surface area contributed by atoms with Gasteiger partial charge in [0.05, 0.1) is 0 Å². The van der Waals surface area contributed by atoms with Gasteiger partial charge in [-0.25, -0.2) is 0 Å². The SMILES string of the molecule is NC(=O)C1CCCN1C(=O)[C@H](NS(=O)(=O)O)C(c1ccccc1)c1ccccc1. The van der Waals surface area contributed by atoms with E-state index in [9.17, 15) is 22.6 Å². The van der Waals surface area contributed by atoms with E-state index < -0.39 is 40.1 Å². The Morgan fingerprint density at radius 3 is 2.00 bits per heavy atom. The van der Waals surface area contributed by atoms with Gasteiger partial charge in [-0.2, -0.15) is 13.1 Å². The minimum atomic E-state index is -4.71. The summed E-state index contributed by atoms with van der Waals surface area (Å²) in [4.78, 5) is 26.5. The smallest absolute Gasteiger partial charge is 0.334 e. The Hall–Kier alpha value is -2.75. The van der Waals surface area contributed by atoms with E-state index >= 15 is 0 Å². The van der Waals surface area contributed by atoms with Gasteiger partial charge in [-0.05, 0) is 24.0 Å². The highest BCUT2D eigenvalue weighted by Crippen LogP contribution is 2.31. The largest absolute Gasteiger partial charge is 0.368 e. The van der Waals surface area contributed by atoms with Crippen LogP contribution in [-0.4, -0.2) is 48.3 Å². The molecule has 154 valence electrons. The zero-order valence-corrected chi connectivity index (χ0v) is 16.5. The lowest BCUT2D eigenvalue weighted by Gasteiger charge is -2.32. The summed E-state index contributed by atoms with van der Waals surface area (Å²) in [5.74, 6) is -1.97. The van der Waals surface area contributed by atoms with Gasteiger partial charge in [0.1, 0.15) is 12.1 Å². The zero-order chi connectivity index (χ0) is 21.0. The Labute approximate surface area is 169 Å². The number of primary amides is 1. The molecule has 1 saturated heterocycles. The van der Waals surface area contributed by atoms with Gasteiger partial charge in [0.2, 0.25) is 11.8 Å². The Balaban J connectivity index is 2.09. The van der Waals surface area contributed by atoms with E-state index in [2.05, 4.69) is 4.72 Å². The molecule has 0 bridgehead atoms. The third-order valence-corrected chi connectivity index (χ3v) is 5.61. The topological polar surface area (TPSA) is 130 Å². The van der Waals surface area contributed by atoms with Gasteiger partial charge in [-0.1, -0.05) is 60.7 Å². The minimum absolute atomic E-state index is 0.284. The van der Waals surface area contributed by atoms with Crippen molar-refractivity contribution in [2.24, 2.45) is 5.73 Å². The predicted molar refractivity (Wildman–Crippen MR) is 107 cm³/mol. The fraction of sp³-hybridized carbons (Fsp3) is 0.300. The van der Waals surface area contributed by atoms with Crippen LogP contribution >= 0.6 is 0 Å². The van der Waals surface area contributed by atoms with Crippen LogP contribution in [0, 0.1) is 0 Å². The molecule has 0 aliphatic carbocycles. The maximum atomic E-state index is 13.4. The van der Waals surface area contributed by atoms with Crippen molar-refractivity contribution in [2.45, 2.75) is 30.8 Å². The molecule has 0 saturated carbocycles. The molecule has 29 heavy (non-hydrogen) atoms. The standard InChI is InChI=1S/C20H23N3O5S/c21-19(24)16-12-7-13-23(16)20(25)18(22-29(26,27)28)17(14-8-3-1-4-9-14)15-10-5-2-6-11-15/h1-6,8-11,16-18,22H,7,12-13H2,(H2,21,24)(H,26,27,28)/t16?,18-/m1/s1. The number of benzene rings is 2. The highest BCUT2D eigenvalue weighted by Gasteiger charge is 2.41. The number of carbonyl (C=O) groups excluding carboxylic acids is 2. The second kappa shape index (κ2) is 8.73. The number of hydrogen-bond donors (Lipinski definition) is 3. The zero-order valence-electron chi connectivity index (χ0n) is 15.6. The van der Waals surface area contributed by atoms with Crippen molar-refractivity contribution in [3.8, 4) is 0 Å². The lowest BCUT2D eigenvalue weighted by atomic mass is 9.84. The van der Waals surface area contributed by atoms with Crippen LogP contribution in [0.1, 0.15) is 29.9 Å². The lowest BCUT2D eigenvalue weighted by molar-refractivity contribution is -0.138. The highest BCUT2D eigenvalue weighted by atomic mass is 32.2. The molecular formula is C20H23N3O5S. The van der Waals surface area contributed by atoms with Gasteiger partial charge in [-0.15, -0.1) is 0 Å². The molecule has 1 aliphatic rings. The van der Waals surface area contributed by atoms with Gasteiger partial charge in [0, 0.05) is 12.5 Å². The normalized spacial score (nSPS) is 18.0. The average Bonchev–Trinajstić information content (AvgIpc) is 3.18. The van der Waals surface area contributed by atoms with Gasteiger partial charge in [-0.3, -0.25) is 14.1 Å². The first-order valence-corrected chi connectivity index (χ1v) is 10.7. The third kappa shape index (κ3) is 5.00. The van der Waals surface area contributed by atoms with E-state index in [0.29, 0.717) is 24.0 Å². The van der Waals surface area contributed by atoms with Crippen LogP contribution in [-0.2, 0) is 19.9 Å². The number of nitrogens with zero attached hydrogens (tertiary/aromatic N) is 1. The summed E-state index contributed by atoms with van der Waals surface area (Å²) in [5, 5.41) is 0. The molecule has 2 aromatic rings. The Bertz CT molecular complexity index is 927. The molecule has 0 radical (unpaired) electrons. The number of rotatable bonds is 7. The molecule has 0 aromatic heterocycles. The van der Waals surface area contributed by atoms with E-state index in [1.807, 2.05) is 12.1 Å². The molecule has 1 unspecified atom stereocenters. The first-order valence-electron chi connectivity index (χ1n) is 9.22. The van der Waals surface area contributed by atoms with E-state index in [0.717, 1.165) is 0 Å². The molecular weight excluding hydrogens is 394 g/mol. The van der Waals surface area contributed by atoms with Crippen molar-refractivity contribution in [3.05, 3.63) is 71.8 Å². The molecule has 2 aromatic carbocycles. The van der Waals surface area contributed by atoms with E-state index in [1.165, 1.54) is 4.90 Å². The van der Waals surface area contributed by atoms with Crippen molar-refractivity contribution in [1.29, 1.82) is 0 Å². The second-order valence-corrected chi connectivity index (χ2v) is 8.15. The fourth-order valence-corrected chi connectivity index (χ4v) is 4.38. The Morgan fingerprint density at radius 2 is 1.55 bits per heavy atom. The quantitative estimate of drug-likeness (QED) is 0.580. The van der Waals surface area contributed by atoms with Crippen molar-refractivity contribution in [3.63, 3.8) is 0 Å². The van der Waals surface area contributed by atoms with Crippen LogP contribution in [0.2, 0.25) is 0 Å². The monoisotopic (exact) mass is 417 g/mol. The molecule has 4 N–H and O–H groups in total. The average molecular weight is 417 g/mol. The Morgan fingerprint density at radius 1 is 1.03 bits per heavy atom. The lowest BCUT2D eigenvalue weighted by Crippen LogP contribution is -2.54. The molecule has 9 heteroatoms. The van der Waals surface area contributed by atoms with Crippen LogP contribution in [0.4, 0.5) is 0 Å². The molecule has 1 heterocycles. The maximum Gasteiger partial charge on any atom is 0.334 e.